The van der Waals surface area contributed by atoms with Crippen LogP contribution < -0.4 is 15.0 Å². The third-order valence-corrected chi connectivity index (χ3v) is 5.47. The summed E-state index contributed by atoms with van der Waals surface area (Å²) in [5.41, 5.74) is 3.14. The molecule has 2 amide bonds. The van der Waals surface area contributed by atoms with E-state index in [2.05, 4.69) is 19.2 Å². The molecule has 0 aromatic heterocycles. The van der Waals surface area contributed by atoms with Gasteiger partial charge in [0.05, 0.1) is 0 Å². The average molecular weight is 431 g/mol. The van der Waals surface area contributed by atoms with Crippen molar-refractivity contribution in [3.05, 3.63) is 90.0 Å². The first-order valence-corrected chi connectivity index (χ1v) is 11.0. The maximum absolute atomic E-state index is 12.9. The van der Waals surface area contributed by atoms with Crippen LogP contribution in [0.4, 0.5) is 11.4 Å². The summed E-state index contributed by atoms with van der Waals surface area (Å²) in [5.74, 6) is 0.764. The van der Waals surface area contributed by atoms with E-state index in [-0.39, 0.29) is 18.4 Å². The molecule has 166 valence electrons. The van der Waals surface area contributed by atoms with Gasteiger partial charge in [0.2, 0.25) is 0 Å². The predicted octanol–water partition coefficient (Wildman–Crippen LogP) is 5.88. The Morgan fingerprint density at radius 2 is 1.56 bits per heavy atom. The van der Waals surface area contributed by atoms with Crippen LogP contribution in [0.15, 0.2) is 78.9 Å². The van der Waals surface area contributed by atoms with Crippen LogP contribution in [0, 0.1) is 0 Å². The summed E-state index contributed by atoms with van der Waals surface area (Å²) in [5, 5.41) is 2.83. The van der Waals surface area contributed by atoms with Gasteiger partial charge in [0.1, 0.15) is 5.75 Å². The minimum atomic E-state index is -0.248. The Bertz CT molecular complexity index is 1030. The number of carbonyl (C=O) groups excluding carboxylic acids is 2. The van der Waals surface area contributed by atoms with Crippen molar-refractivity contribution in [2.45, 2.75) is 33.1 Å². The number of nitrogens with zero attached hydrogens (tertiary/aromatic N) is 1. The maximum Gasteiger partial charge on any atom is 0.262 e. The standard InChI is InChI=1S/C27H30N2O3/c1-4-20(3)24-13-9-10-14-25(24)32-19-26(30)28-22-17-15-21(16-18-22)27(31)29(5-2)23-11-7-6-8-12-23/h6-18,20H,4-5,19H2,1-3H3,(H,28,30). The first-order chi connectivity index (χ1) is 15.5. The Morgan fingerprint density at radius 1 is 0.906 bits per heavy atom. The van der Waals surface area contributed by atoms with Crippen molar-refractivity contribution in [3.8, 4) is 5.75 Å². The van der Waals surface area contributed by atoms with Gasteiger partial charge in [0, 0.05) is 23.5 Å². The van der Waals surface area contributed by atoms with E-state index >= 15 is 0 Å². The summed E-state index contributed by atoms with van der Waals surface area (Å²) in [4.78, 5) is 27.0. The van der Waals surface area contributed by atoms with Crippen molar-refractivity contribution in [1.82, 2.24) is 0 Å². The second-order valence-corrected chi connectivity index (χ2v) is 7.65. The van der Waals surface area contributed by atoms with Crippen molar-refractivity contribution in [2.24, 2.45) is 0 Å². The molecule has 5 nitrogen and oxygen atoms in total. The lowest BCUT2D eigenvalue weighted by Crippen LogP contribution is -2.30. The third kappa shape index (κ3) is 5.76. The van der Waals surface area contributed by atoms with Crippen LogP contribution in [0.3, 0.4) is 0 Å². The maximum atomic E-state index is 12.9. The van der Waals surface area contributed by atoms with Gasteiger partial charge < -0.3 is 15.0 Å². The van der Waals surface area contributed by atoms with Gasteiger partial charge in [-0.2, -0.15) is 0 Å². The summed E-state index contributed by atoms with van der Waals surface area (Å²) in [6, 6.07) is 24.3. The Morgan fingerprint density at radius 3 is 2.22 bits per heavy atom. The number of nitrogens with one attached hydrogen (secondary N) is 1. The van der Waals surface area contributed by atoms with Crippen molar-refractivity contribution < 1.29 is 14.3 Å². The van der Waals surface area contributed by atoms with Crippen molar-refractivity contribution in [2.75, 3.05) is 23.4 Å². The topological polar surface area (TPSA) is 58.6 Å². The quantitative estimate of drug-likeness (QED) is 0.461. The molecule has 0 saturated carbocycles. The van der Waals surface area contributed by atoms with Gasteiger partial charge in [0.15, 0.2) is 6.61 Å². The molecule has 0 radical (unpaired) electrons. The summed E-state index contributed by atoms with van der Waals surface area (Å²) in [6.45, 7) is 6.70. The molecule has 0 aliphatic carbocycles. The zero-order valence-corrected chi connectivity index (χ0v) is 18.9. The molecule has 5 heteroatoms. The van der Waals surface area contributed by atoms with E-state index in [1.807, 2.05) is 61.5 Å². The molecular weight excluding hydrogens is 400 g/mol. The van der Waals surface area contributed by atoms with E-state index in [0.29, 0.717) is 23.7 Å². The van der Waals surface area contributed by atoms with Gasteiger partial charge in [-0.15, -0.1) is 0 Å². The van der Waals surface area contributed by atoms with E-state index in [9.17, 15) is 9.59 Å². The first-order valence-electron chi connectivity index (χ1n) is 11.0. The predicted molar refractivity (Wildman–Crippen MR) is 130 cm³/mol. The van der Waals surface area contributed by atoms with Crippen LogP contribution in [0.2, 0.25) is 0 Å². The van der Waals surface area contributed by atoms with Crippen LogP contribution in [0.1, 0.15) is 49.0 Å². The molecule has 3 aromatic carbocycles. The lowest BCUT2D eigenvalue weighted by Gasteiger charge is -2.21. The molecule has 0 heterocycles. The van der Waals surface area contributed by atoms with Crippen molar-refractivity contribution in [1.29, 1.82) is 0 Å². The van der Waals surface area contributed by atoms with E-state index in [1.165, 1.54) is 0 Å². The monoisotopic (exact) mass is 430 g/mol. The van der Waals surface area contributed by atoms with Crippen LogP contribution in [0.5, 0.6) is 5.75 Å². The highest BCUT2D eigenvalue weighted by molar-refractivity contribution is 6.06. The highest BCUT2D eigenvalue weighted by Crippen LogP contribution is 2.28. The molecule has 1 unspecified atom stereocenters. The zero-order valence-electron chi connectivity index (χ0n) is 18.9. The fraction of sp³-hybridized carbons (Fsp3) is 0.259. The number of ether oxygens (including phenoxy) is 1. The molecule has 0 aliphatic heterocycles. The number of rotatable bonds is 9. The molecule has 1 N–H and O–H groups in total. The van der Waals surface area contributed by atoms with Gasteiger partial charge in [-0.25, -0.2) is 0 Å². The third-order valence-electron chi connectivity index (χ3n) is 5.47. The second-order valence-electron chi connectivity index (χ2n) is 7.65. The summed E-state index contributed by atoms with van der Waals surface area (Å²) >= 11 is 0. The SMILES string of the molecule is CCC(C)c1ccccc1OCC(=O)Nc1ccc(C(=O)N(CC)c2ccccc2)cc1. The lowest BCUT2D eigenvalue weighted by molar-refractivity contribution is -0.118. The number of hydrogen-bond donors (Lipinski definition) is 1. The van der Waals surface area contributed by atoms with Crippen molar-refractivity contribution >= 4 is 23.2 Å². The molecule has 0 spiro atoms. The first kappa shape index (κ1) is 23.1. The highest BCUT2D eigenvalue weighted by atomic mass is 16.5. The van der Waals surface area contributed by atoms with E-state index in [1.54, 1.807) is 29.2 Å². The smallest absolute Gasteiger partial charge is 0.262 e. The van der Waals surface area contributed by atoms with Crippen LogP contribution >= 0.6 is 0 Å². The minimum absolute atomic E-state index is 0.0776. The summed E-state index contributed by atoms with van der Waals surface area (Å²) in [6.07, 6.45) is 0.997. The lowest BCUT2D eigenvalue weighted by atomic mass is 9.98. The van der Waals surface area contributed by atoms with Crippen LogP contribution in [0.25, 0.3) is 0 Å². The molecule has 0 fully saturated rings. The van der Waals surface area contributed by atoms with E-state index in [4.69, 9.17) is 4.74 Å². The van der Waals surface area contributed by atoms with Gasteiger partial charge in [-0.05, 0) is 67.3 Å². The van der Waals surface area contributed by atoms with E-state index in [0.717, 1.165) is 23.4 Å². The Hall–Kier alpha value is -3.60. The summed E-state index contributed by atoms with van der Waals surface area (Å²) < 4.78 is 5.78. The molecule has 3 aromatic rings. The fourth-order valence-electron chi connectivity index (χ4n) is 3.48. The number of hydrogen-bond acceptors (Lipinski definition) is 3. The molecule has 0 aliphatic rings. The van der Waals surface area contributed by atoms with Gasteiger partial charge >= 0.3 is 0 Å². The Balaban J connectivity index is 1.60. The molecule has 1 atom stereocenters. The summed E-state index contributed by atoms with van der Waals surface area (Å²) in [7, 11) is 0. The molecule has 0 saturated heterocycles. The number of carbonyl (C=O) groups is 2. The molecular formula is C27H30N2O3. The zero-order chi connectivity index (χ0) is 22.9. The van der Waals surface area contributed by atoms with Crippen LogP contribution in [-0.4, -0.2) is 25.0 Å². The molecule has 3 rings (SSSR count). The molecule has 0 bridgehead atoms. The fourth-order valence-corrected chi connectivity index (χ4v) is 3.48. The highest BCUT2D eigenvalue weighted by Gasteiger charge is 2.16. The number of anilines is 2. The molecule has 32 heavy (non-hydrogen) atoms. The Kier molecular flexibility index (Phi) is 8.03. The largest absolute Gasteiger partial charge is 0.483 e. The van der Waals surface area contributed by atoms with Gasteiger partial charge in [-0.1, -0.05) is 50.2 Å². The average Bonchev–Trinajstić information content (AvgIpc) is 2.84. The second kappa shape index (κ2) is 11.1. The van der Waals surface area contributed by atoms with E-state index < -0.39 is 0 Å². The Labute approximate surface area is 190 Å². The van der Waals surface area contributed by atoms with Gasteiger partial charge in [-0.3, -0.25) is 9.59 Å². The minimum Gasteiger partial charge on any atom is -0.483 e. The van der Waals surface area contributed by atoms with Gasteiger partial charge in [0.25, 0.3) is 11.8 Å². The number of para-hydroxylation sites is 2. The number of benzene rings is 3. The number of amides is 2. The normalized spacial score (nSPS) is 11.5. The van der Waals surface area contributed by atoms with Crippen LogP contribution in [-0.2, 0) is 4.79 Å². The van der Waals surface area contributed by atoms with Crippen molar-refractivity contribution in [3.63, 3.8) is 0 Å².